The number of nitrogens with one attached hydrogen (secondary N) is 1. The van der Waals surface area contributed by atoms with Crippen molar-refractivity contribution < 1.29 is 9.53 Å². The number of halogens is 1. The van der Waals surface area contributed by atoms with Crippen molar-refractivity contribution >= 4 is 40.8 Å². The molecule has 80 valence electrons. The lowest BCUT2D eigenvalue weighted by Gasteiger charge is -1.96. The van der Waals surface area contributed by atoms with Crippen LogP contribution in [0.4, 0.5) is 0 Å². The minimum Gasteiger partial charge on any atom is -0.461 e. The molecule has 0 saturated heterocycles. The average molecular weight is 317 g/mol. The predicted molar refractivity (Wildman–Crippen MR) is 69.7 cm³/mol. The van der Waals surface area contributed by atoms with E-state index < -0.39 is 0 Å². The van der Waals surface area contributed by atoms with E-state index >= 15 is 0 Å². The van der Waals surface area contributed by atoms with Crippen LogP contribution in [0, 0.1) is 0 Å². The molecule has 1 N–H and O–H groups in total. The van der Waals surface area contributed by atoms with E-state index in [-0.39, 0.29) is 29.9 Å². The van der Waals surface area contributed by atoms with E-state index in [4.69, 9.17) is 4.74 Å². The van der Waals surface area contributed by atoms with Gasteiger partial charge in [-0.3, -0.25) is 0 Å². The lowest BCUT2D eigenvalue weighted by Crippen LogP contribution is -2.04. The van der Waals surface area contributed by atoms with Crippen molar-refractivity contribution in [1.82, 2.24) is 4.98 Å². The fourth-order valence-electron chi connectivity index (χ4n) is 1.39. The molecule has 0 fully saturated rings. The predicted octanol–water partition coefficient (Wildman–Crippen LogP) is 2.96. The molecule has 2 rings (SSSR count). The monoisotopic (exact) mass is 317 g/mol. The number of hydrogen-bond donors (Lipinski definition) is 1. The normalized spacial score (nSPS) is 9.67. The van der Waals surface area contributed by atoms with E-state index in [1.807, 2.05) is 24.3 Å². The zero-order chi connectivity index (χ0) is 9.97. The van der Waals surface area contributed by atoms with Crippen LogP contribution >= 0.6 is 24.0 Å². The molecule has 0 bridgehead atoms. The topological polar surface area (TPSA) is 42.1 Å². The Kier molecular flexibility index (Phi) is 4.14. The van der Waals surface area contributed by atoms with Crippen LogP contribution in [-0.2, 0) is 4.74 Å². The molecule has 3 nitrogen and oxygen atoms in total. The van der Waals surface area contributed by atoms with Crippen LogP contribution < -0.4 is 0 Å². The minimum absolute atomic E-state index is 0. The number of ether oxygens (including phenoxy) is 1. The summed E-state index contributed by atoms with van der Waals surface area (Å²) in [6.45, 7) is 2.19. The van der Waals surface area contributed by atoms with Crippen LogP contribution in [0.15, 0.2) is 30.3 Å². The Morgan fingerprint density at radius 1 is 1.40 bits per heavy atom. The molecule has 15 heavy (non-hydrogen) atoms. The maximum atomic E-state index is 11.4. The van der Waals surface area contributed by atoms with Gasteiger partial charge in [-0.2, -0.15) is 0 Å². The van der Waals surface area contributed by atoms with Gasteiger partial charge in [0.15, 0.2) is 0 Å². The number of rotatable bonds is 2. The Labute approximate surface area is 105 Å². The highest BCUT2D eigenvalue weighted by Gasteiger charge is 2.08. The van der Waals surface area contributed by atoms with Crippen LogP contribution in [0.5, 0.6) is 0 Å². The molecule has 0 atom stereocenters. The van der Waals surface area contributed by atoms with E-state index in [1.54, 1.807) is 13.0 Å². The molecule has 0 amide bonds. The van der Waals surface area contributed by atoms with Crippen LogP contribution in [0.2, 0.25) is 0 Å². The first-order chi connectivity index (χ1) is 6.81. The Bertz CT molecular complexity index is 431. The van der Waals surface area contributed by atoms with Gasteiger partial charge in [-0.15, -0.1) is 24.0 Å². The van der Waals surface area contributed by atoms with Gasteiger partial charge in [-0.1, -0.05) is 18.2 Å². The Morgan fingerprint density at radius 3 is 2.80 bits per heavy atom. The van der Waals surface area contributed by atoms with Gasteiger partial charge in [0.05, 0.1) is 6.61 Å². The summed E-state index contributed by atoms with van der Waals surface area (Å²) in [5.74, 6) is -0.302. The summed E-state index contributed by atoms with van der Waals surface area (Å²) in [6.07, 6.45) is 0. The SMILES string of the molecule is CCOC(=O)c1cc2ccccc2[nH]1.I. The lowest BCUT2D eigenvalue weighted by atomic mass is 10.2. The number of hydrogen-bond acceptors (Lipinski definition) is 2. The van der Waals surface area contributed by atoms with Crippen molar-refractivity contribution in [2.75, 3.05) is 6.61 Å². The highest BCUT2D eigenvalue weighted by atomic mass is 127. The number of benzene rings is 1. The number of esters is 1. The van der Waals surface area contributed by atoms with E-state index in [2.05, 4.69) is 4.98 Å². The van der Waals surface area contributed by atoms with Crippen molar-refractivity contribution in [3.8, 4) is 0 Å². The third-order valence-electron chi connectivity index (χ3n) is 2.03. The molecule has 0 aliphatic rings. The van der Waals surface area contributed by atoms with Gasteiger partial charge in [0.1, 0.15) is 5.69 Å². The minimum atomic E-state index is -0.302. The van der Waals surface area contributed by atoms with Gasteiger partial charge in [-0.05, 0) is 19.1 Å². The lowest BCUT2D eigenvalue weighted by molar-refractivity contribution is 0.0520. The largest absolute Gasteiger partial charge is 0.461 e. The van der Waals surface area contributed by atoms with Crippen LogP contribution in [0.25, 0.3) is 10.9 Å². The fourth-order valence-corrected chi connectivity index (χ4v) is 1.39. The second-order valence-corrected chi connectivity index (χ2v) is 2.99. The molecule has 1 aromatic heterocycles. The van der Waals surface area contributed by atoms with E-state index in [9.17, 15) is 4.79 Å². The molecular weight excluding hydrogens is 305 g/mol. The zero-order valence-corrected chi connectivity index (χ0v) is 10.6. The quantitative estimate of drug-likeness (QED) is 0.683. The summed E-state index contributed by atoms with van der Waals surface area (Å²) in [6, 6.07) is 9.54. The third kappa shape index (κ3) is 2.50. The summed E-state index contributed by atoms with van der Waals surface area (Å²) in [7, 11) is 0. The maximum absolute atomic E-state index is 11.4. The first kappa shape index (κ1) is 12.0. The zero-order valence-electron chi connectivity index (χ0n) is 8.32. The first-order valence-corrected chi connectivity index (χ1v) is 4.56. The van der Waals surface area contributed by atoms with Crippen LogP contribution in [-0.4, -0.2) is 17.6 Å². The number of H-pyrrole nitrogens is 1. The molecule has 2 aromatic rings. The number of aromatic amines is 1. The Morgan fingerprint density at radius 2 is 2.13 bits per heavy atom. The highest BCUT2D eigenvalue weighted by Crippen LogP contribution is 2.14. The van der Waals surface area contributed by atoms with Gasteiger partial charge in [0.2, 0.25) is 0 Å². The van der Waals surface area contributed by atoms with E-state index in [0.717, 1.165) is 10.9 Å². The standard InChI is InChI=1S/C11H11NO2.HI/c1-2-14-11(13)10-7-8-5-3-4-6-9(8)12-10;/h3-7,12H,2H2,1H3;1H. The smallest absolute Gasteiger partial charge is 0.354 e. The average Bonchev–Trinajstić information content (AvgIpc) is 2.61. The fraction of sp³-hybridized carbons (Fsp3) is 0.182. The van der Waals surface area contributed by atoms with Crippen molar-refractivity contribution in [3.05, 3.63) is 36.0 Å². The Hall–Kier alpha value is -1.04. The molecule has 1 heterocycles. The molecule has 0 spiro atoms. The van der Waals surface area contributed by atoms with E-state index in [0.29, 0.717) is 12.3 Å². The second-order valence-electron chi connectivity index (χ2n) is 2.99. The third-order valence-corrected chi connectivity index (χ3v) is 2.03. The molecular formula is C11H12INO2. The van der Waals surface area contributed by atoms with Crippen molar-refractivity contribution in [3.63, 3.8) is 0 Å². The first-order valence-electron chi connectivity index (χ1n) is 4.56. The number of carbonyl (C=O) groups is 1. The van der Waals surface area contributed by atoms with Crippen LogP contribution in [0.3, 0.4) is 0 Å². The summed E-state index contributed by atoms with van der Waals surface area (Å²) in [5, 5.41) is 1.02. The van der Waals surface area contributed by atoms with Crippen molar-refractivity contribution in [2.24, 2.45) is 0 Å². The Balaban J connectivity index is 0.00000112. The van der Waals surface area contributed by atoms with E-state index in [1.165, 1.54) is 0 Å². The van der Waals surface area contributed by atoms with Gasteiger partial charge in [-0.25, -0.2) is 4.79 Å². The summed E-state index contributed by atoms with van der Waals surface area (Å²) >= 11 is 0. The van der Waals surface area contributed by atoms with Crippen LogP contribution in [0.1, 0.15) is 17.4 Å². The molecule has 1 aromatic carbocycles. The van der Waals surface area contributed by atoms with Gasteiger partial charge >= 0.3 is 5.97 Å². The summed E-state index contributed by atoms with van der Waals surface area (Å²) in [5.41, 5.74) is 1.46. The van der Waals surface area contributed by atoms with Gasteiger partial charge in [0.25, 0.3) is 0 Å². The molecule has 0 unspecified atom stereocenters. The van der Waals surface area contributed by atoms with Crippen molar-refractivity contribution in [1.29, 1.82) is 0 Å². The number of para-hydroxylation sites is 1. The molecule has 0 aliphatic heterocycles. The molecule has 0 radical (unpaired) electrons. The number of aromatic nitrogens is 1. The highest BCUT2D eigenvalue weighted by molar-refractivity contribution is 14.0. The second kappa shape index (κ2) is 5.16. The molecule has 0 aliphatic carbocycles. The van der Waals surface area contributed by atoms with Crippen molar-refractivity contribution in [2.45, 2.75) is 6.92 Å². The summed E-state index contributed by atoms with van der Waals surface area (Å²) < 4.78 is 4.89. The molecule has 4 heteroatoms. The van der Waals surface area contributed by atoms with Gasteiger partial charge in [0, 0.05) is 10.9 Å². The summed E-state index contributed by atoms with van der Waals surface area (Å²) in [4.78, 5) is 14.4. The molecule has 0 saturated carbocycles. The van der Waals surface area contributed by atoms with Gasteiger partial charge < -0.3 is 9.72 Å². The number of fused-ring (bicyclic) bond motifs is 1. The maximum Gasteiger partial charge on any atom is 0.354 e. The number of carbonyl (C=O) groups excluding carboxylic acids is 1.